The molecule has 3 nitrogen and oxygen atoms in total. The van der Waals surface area contributed by atoms with Crippen LogP contribution in [-0.2, 0) is 6.61 Å². The molecule has 1 amide bonds. The van der Waals surface area contributed by atoms with Crippen molar-refractivity contribution in [3.05, 3.63) is 58.7 Å². The lowest BCUT2D eigenvalue weighted by molar-refractivity contribution is 0.0938. The first-order chi connectivity index (χ1) is 14.0. The summed E-state index contributed by atoms with van der Waals surface area (Å²) in [5.41, 5.74) is 0.983. The molecule has 29 heavy (non-hydrogen) atoms. The summed E-state index contributed by atoms with van der Waals surface area (Å²) in [6, 6.07) is 9.05. The molecule has 0 spiro atoms. The maximum atomic E-state index is 14.6. The summed E-state index contributed by atoms with van der Waals surface area (Å²) in [6.07, 6.45) is 7.68. The molecule has 2 aromatic carbocycles. The Balaban J connectivity index is 1.67. The van der Waals surface area contributed by atoms with Gasteiger partial charge in [0.15, 0.2) is 11.6 Å². The van der Waals surface area contributed by atoms with Gasteiger partial charge in [-0.25, -0.2) is 4.39 Å². The van der Waals surface area contributed by atoms with E-state index in [0.717, 1.165) is 36.1 Å². The fraction of sp³-hybridized carbons (Fsp3) is 0.435. The second kappa shape index (κ2) is 10.1. The lowest BCUT2D eigenvalue weighted by atomic mass is 9.89. The van der Waals surface area contributed by atoms with Gasteiger partial charge in [-0.05, 0) is 61.3 Å². The number of hydrogen-bond acceptors (Lipinski definition) is 3. The molecular formula is C23H27F2NO2S. The van der Waals surface area contributed by atoms with Crippen LogP contribution in [0, 0.1) is 24.5 Å². The summed E-state index contributed by atoms with van der Waals surface area (Å²) in [4.78, 5) is 13.5. The predicted octanol–water partition coefficient (Wildman–Crippen LogP) is 5.88. The number of halogens is 2. The van der Waals surface area contributed by atoms with E-state index in [9.17, 15) is 13.6 Å². The molecule has 1 saturated carbocycles. The van der Waals surface area contributed by atoms with E-state index in [-0.39, 0.29) is 17.9 Å². The summed E-state index contributed by atoms with van der Waals surface area (Å²) >= 11 is 1.63. The fourth-order valence-electron chi connectivity index (χ4n) is 3.68. The quantitative estimate of drug-likeness (QED) is 0.569. The number of carbonyl (C=O) groups excluding carboxylic acids is 1. The molecule has 2 aromatic rings. The highest BCUT2D eigenvalue weighted by atomic mass is 32.2. The Morgan fingerprint density at radius 2 is 1.83 bits per heavy atom. The molecule has 0 aromatic heterocycles. The second-order valence-corrected chi connectivity index (χ2v) is 8.43. The van der Waals surface area contributed by atoms with E-state index in [2.05, 4.69) is 5.32 Å². The van der Waals surface area contributed by atoms with E-state index in [1.807, 2.05) is 30.5 Å². The van der Waals surface area contributed by atoms with Gasteiger partial charge in [0, 0.05) is 11.4 Å². The van der Waals surface area contributed by atoms with Crippen LogP contribution in [0.25, 0.3) is 0 Å². The molecule has 1 fully saturated rings. The molecule has 1 aliphatic carbocycles. The summed E-state index contributed by atoms with van der Waals surface area (Å²) in [5, 5.41) is 2.76. The number of thioether (sulfide) groups is 1. The monoisotopic (exact) mass is 419 g/mol. The SMILES string of the molecule is CSc1ccc(COc2c(C)cc(C(=O)NCC3CCCCC3)c(F)c2F)cc1. The molecule has 0 unspecified atom stereocenters. The molecule has 156 valence electrons. The van der Waals surface area contributed by atoms with Gasteiger partial charge in [0.05, 0.1) is 5.56 Å². The lowest BCUT2D eigenvalue weighted by Gasteiger charge is -2.22. The van der Waals surface area contributed by atoms with Crippen molar-refractivity contribution < 1.29 is 18.3 Å². The molecule has 6 heteroatoms. The third-order valence-corrected chi connectivity index (χ3v) is 6.15. The van der Waals surface area contributed by atoms with E-state index in [4.69, 9.17) is 4.74 Å². The van der Waals surface area contributed by atoms with Gasteiger partial charge in [-0.1, -0.05) is 31.4 Å². The zero-order valence-corrected chi connectivity index (χ0v) is 17.7. The zero-order chi connectivity index (χ0) is 20.8. The van der Waals surface area contributed by atoms with Crippen LogP contribution >= 0.6 is 11.8 Å². The lowest BCUT2D eigenvalue weighted by Crippen LogP contribution is -2.31. The Morgan fingerprint density at radius 1 is 1.14 bits per heavy atom. The fourth-order valence-corrected chi connectivity index (χ4v) is 4.09. The smallest absolute Gasteiger partial charge is 0.254 e. The zero-order valence-electron chi connectivity index (χ0n) is 16.9. The Hall–Kier alpha value is -2.08. The molecule has 0 bridgehead atoms. The van der Waals surface area contributed by atoms with Gasteiger partial charge in [-0.15, -0.1) is 11.8 Å². The number of rotatable bonds is 7. The number of hydrogen-bond donors (Lipinski definition) is 1. The molecule has 1 aliphatic rings. The molecule has 0 radical (unpaired) electrons. The molecule has 0 heterocycles. The first-order valence-electron chi connectivity index (χ1n) is 10.0. The highest BCUT2D eigenvalue weighted by Crippen LogP contribution is 2.29. The second-order valence-electron chi connectivity index (χ2n) is 7.55. The molecular weight excluding hydrogens is 392 g/mol. The predicted molar refractivity (Wildman–Crippen MR) is 113 cm³/mol. The van der Waals surface area contributed by atoms with E-state index < -0.39 is 17.5 Å². The molecule has 3 rings (SSSR count). The van der Waals surface area contributed by atoms with Crippen LogP contribution in [0.4, 0.5) is 8.78 Å². The van der Waals surface area contributed by atoms with Gasteiger partial charge in [0.25, 0.3) is 5.91 Å². The van der Waals surface area contributed by atoms with Crippen molar-refractivity contribution in [1.29, 1.82) is 0 Å². The first kappa shape index (κ1) is 21.6. The molecule has 1 N–H and O–H groups in total. The first-order valence-corrected chi connectivity index (χ1v) is 11.2. The van der Waals surface area contributed by atoms with Crippen LogP contribution in [-0.4, -0.2) is 18.7 Å². The van der Waals surface area contributed by atoms with Gasteiger partial charge < -0.3 is 10.1 Å². The van der Waals surface area contributed by atoms with Crippen LogP contribution in [0.3, 0.4) is 0 Å². The summed E-state index contributed by atoms with van der Waals surface area (Å²) in [7, 11) is 0. The summed E-state index contributed by atoms with van der Waals surface area (Å²) in [5.74, 6) is -2.59. The van der Waals surface area contributed by atoms with Crippen molar-refractivity contribution in [2.24, 2.45) is 5.92 Å². The van der Waals surface area contributed by atoms with Crippen LogP contribution < -0.4 is 10.1 Å². The van der Waals surface area contributed by atoms with Crippen molar-refractivity contribution in [3.63, 3.8) is 0 Å². The highest BCUT2D eigenvalue weighted by Gasteiger charge is 2.23. The van der Waals surface area contributed by atoms with E-state index in [1.165, 1.54) is 12.5 Å². The third kappa shape index (κ3) is 5.50. The van der Waals surface area contributed by atoms with Crippen LogP contribution in [0.2, 0.25) is 0 Å². The number of amides is 1. The summed E-state index contributed by atoms with van der Waals surface area (Å²) < 4.78 is 34.7. The maximum absolute atomic E-state index is 14.6. The number of aryl methyl sites for hydroxylation is 1. The Kier molecular flexibility index (Phi) is 7.53. The van der Waals surface area contributed by atoms with Crippen molar-refractivity contribution in [3.8, 4) is 5.75 Å². The largest absolute Gasteiger partial charge is 0.485 e. The minimum Gasteiger partial charge on any atom is -0.485 e. The minimum atomic E-state index is -1.16. The van der Waals surface area contributed by atoms with Gasteiger partial charge in [-0.2, -0.15) is 4.39 Å². The van der Waals surface area contributed by atoms with E-state index >= 15 is 0 Å². The topological polar surface area (TPSA) is 38.3 Å². The van der Waals surface area contributed by atoms with Gasteiger partial charge in [0.1, 0.15) is 6.61 Å². The third-order valence-electron chi connectivity index (χ3n) is 5.41. The average molecular weight is 420 g/mol. The van der Waals surface area contributed by atoms with E-state index in [0.29, 0.717) is 18.0 Å². The molecule has 0 aliphatic heterocycles. The normalized spacial score (nSPS) is 14.6. The Labute approximate surface area is 175 Å². The van der Waals surface area contributed by atoms with Crippen LogP contribution in [0.1, 0.15) is 53.6 Å². The van der Waals surface area contributed by atoms with Crippen molar-refractivity contribution in [2.75, 3.05) is 12.8 Å². The minimum absolute atomic E-state index is 0.124. The van der Waals surface area contributed by atoms with Crippen LogP contribution in [0.15, 0.2) is 35.2 Å². The van der Waals surface area contributed by atoms with Crippen molar-refractivity contribution in [2.45, 2.75) is 50.5 Å². The maximum Gasteiger partial charge on any atom is 0.254 e. The average Bonchev–Trinajstić information content (AvgIpc) is 2.75. The highest BCUT2D eigenvalue weighted by molar-refractivity contribution is 7.98. The number of carbonyl (C=O) groups is 1. The Morgan fingerprint density at radius 3 is 2.48 bits per heavy atom. The van der Waals surface area contributed by atoms with Gasteiger partial charge in [0.2, 0.25) is 5.82 Å². The van der Waals surface area contributed by atoms with E-state index in [1.54, 1.807) is 18.7 Å². The van der Waals surface area contributed by atoms with Crippen molar-refractivity contribution >= 4 is 17.7 Å². The number of nitrogens with one attached hydrogen (secondary N) is 1. The number of ether oxygens (including phenoxy) is 1. The number of benzene rings is 2. The molecule has 0 atom stereocenters. The molecule has 0 saturated heterocycles. The Bertz CT molecular complexity index is 849. The van der Waals surface area contributed by atoms with Crippen molar-refractivity contribution in [1.82, 2.24) is 5.32 Å². The van der Waals surface area contributed by atoms with Crippen LogP contribution in [0.5, 0.6) is 5.75 Å². The standard InChI is InChI=1S/C23H27F2NO2S/c1-15-12-19(23(27)26-13-16-6-4-3-5-7-16)20(24)21(25)22(15)28-14-17-8-10-18(29-2)11-9-17/h8-12,16H,3-7,13-14H2,1-2H3,(H,26,27). The van der Waals surface area contributed by atoms with Gasteiger partial charge >= 0.3 is 0 Å². The summed E-state index contributed by atoms with van der Waals surface area (Å²) in [6.45, 7) is 2.24. The van der Waals surface area contributed by atoms with Gasteiger partial charge in [-0.3, -0.25) is 4.79 Å².